The second-order valence-corrected chi connectivity index (χ2v) is 6.46. The summed E-state index contributed by atoms with van der Waals surface area (Å²) in [6, 6.07) is 0. The van der Waals surface area contributed by atoms with Crippen LogP contribution in [0.5, 0.6) is 0 Å². The molecule has 0 heterocycles. The lowest BCUT2D eigenvalue weighted by molar-refractivity contribution is -0.0397. The van der Waals surface area contributed by atoms with Crippen molar-refractivity contribution in [2.24, 2.45) is 5.92 Å². The maximum absolute atomic E-state index is 6.33. The van der Waals surface area contributed by atoms with E-state index in [2.05, 4.69) is 22.6 Å². The van der Waals surface area contributed by atoms with Gasteiger partial charge in [-0.25, -0.2) is 0 Å². The highest BCUT2D eigenvalue weighted by Gasteiger charge is 2.34. The number of hydrogen-bond acceptors (Lipinski definition) is 1. The topological polar surface area (TPSA) is 9.23 Å². The first-order valence-electron chi connectivity index (χ1n) is 7.05. The Bertz CT molecular complexity index is 191. The van der Waals surface area contributed by atoms with E-state index in [9.17, 15) is 0 Å². The molecule has 0 aromatic rings. The van der Waals surface area contributed by atoms with Gasteiger partial charge in [0, 0.05) is 4.43 Å². The summed E-state index contributed by atoms with van der Waals surface area (Å²) < 4.78 is 7.52. The van der Waals surface area contributed by atoms with E-state index in [-0.39, 0.29) is 5.60 Å². The van der Waals surface area contributed by atoms with Gasteiger partial charge in [0.1, 0.15) is 0 Å². The molecular weight excluding hydrogens is 311 g/mol. The molecule has 0 bridgehead atoms. The minimum Gasteiger partial charge on any atom is -0.374 e. The van der Waals surface area contributed by atoms with Gasteiger partial charge in [-0.15, -0.1) is 0 Å². The highest BCUT2D eigenvalue weighted by Crippen LogP contribution is 2.36. The second kappa shape index (κ2) is 6.58. The molecule has 0 unspecified atom stereocenters. The number of halogens is 1. The minimum absolute atomic E-state index is 0.271. The number of alkyl halides is 1. The van der Waals surface area contributed by atoms with Crippen LogP contribution in [-0.4, -0.2) is 16.6 Å². The van der Waals surface area contributed by atoms with E-state index >= 15 is 0 Å². The zero-order valence-corrected chi connectivity index (χ0v) is 12.5. The normalized spacial score (nSPS) is 26.8. The third-order valence-corrected chi connectivity index (χ3v) is 5.75. The molecule has 94 valence electrons. The van der Waals surface area contributed by atoms with Crippen molar-refractivity contribution in [3.05, 3.63) is 0 Å². The van der Waals surface area contributed by atoms with Crippen LogP contribution in [0, 0.1) is 5.92 Å². The molecular formula is C14H25IO. The van der Waals surface area contributed by atoms with Crippen LogP contribution in [0.15, 0.2) is 0 Å². The van der Waals surface area contributed by atoms with Crippen molar-refractivity contribution in [3.63, 3.8) is 0 Å². The maximum Gasteiger partial charge on any atom is 0.0771 e. The molecule has 16 heavy (non-hydrogen) atoms. The fourth-order valence-electron chi connectivity index (χ4n) is 3.16. The zero-order chi connectivity index (χ0) is 11.3. The van der Waals surface area contributed by atoms with Gasteiger partial charge < -0.3 is 4.74 Å². The largest absolute Gasteiger partial charge is 0.374 e. The summed E-state index contributed by atoms with van der Waals surface area (Å²) in [4.78, 5) is 0. The molecule has 2 fully saturated rings. The van der Waals surface area contributed by atoms with Gasteiger partial charge in [-0.2, -0.15) is 0 Å². The van der Waals surface area contributed by atoms with Crippen LogP contribution < -0.4 is 0 Å². The van der Waals surface area contributed by atoms with Crippen LogP contribution in [0.2, 0.25) is 0 Å². The fraction of sp³-hybridized carbons (Fsp3) is 1.00. The van der Waals surface area contributed by atoms with Crippen molar-refractivity contribution in [2.75, 3.05) is 11.0 Å². The van der Waals surface area contributed by atoms with Gasteiger partial charge in [-0.05, 0) is 31.6 Å². The molecule has 0 radical (unpaired) electrons. The molecule has 2 heteroatoms. The van der Waals surface area contributed by atoms with Crippen LogP contribution in [0.25, 0.3) is 0 Å². The molecule has 2 saturated carbocycles. The Balaban J connectivity index is 1.76. The van der Waals surface area contributed by atoms with Crippen LogP contribution in [0.3, 0.4) is 0 Å². The van der Waals surface area contributed by atoms with Crippen molar-refractivity contribution in [2.45, 2.75) is 69.8 Å². The summed E-state index contributed by atoms with van der Waals surface area (Å²) in [6.45, 7) is 1.04. The van der Waals surface area contributed by atoms with E-state index < -0.39 is 0 Å². The lowest BCUT2D eigenvalue weighted by Crippen LogP contribution is -2.33. The van der Waals surface area contributed by atoms with Gasteiger partial charge in [0.05, 0.1) is 12.2 Å². The Morgan fingerprint density at radius 1 is 0.938 bits per heavy atom. The van der Waals surface area contributed by atoms with Gasteiger partial charge in [0.15, 0.2) is 0 Å². The lowest BCUT2D eigenvalue weighted by Gasteiger charge is -2.29. The van der Waals surface area contributed by atoms with Gasteiger partial charge in [0.25, 0.3) is 0 Å². The van der Waals surface area contributed by atoms with Crippen molar-refractivity contribution >= 4 is 22.6 Å². The van der Waals surface area contributed by atoms with Crippen molar-refractivity contribution in [1.82, 2.24) is 0 Å². The first-order chi connectivity index (χ1) is 7.85. The molecule has 0 aromatic heterocycles. The Hall–Kier alpha value is 0.690. The van der Waals surface area contributed by atoms with E-state index in [0.29, 0.717) is 0 Å². The van der Waals surface area contributed by atoms with Gasteiger partial charge in [0.2, 0.25) is 0 Å². The first kappa shape index (κ1) is 13.1. The van der Waals surface area contributed by atoms with E-state index in [0.717, 1.165) is 12.5 Å². The molecule has 0 spiro atoms. The summed E-state index contributed by atoms with van der Waals surface area (Å²) >= 11 is 2.52. The van der Waals surface area contributed by atoms with Crippen LogP contribution >= 0.6 is 22.6 Å². The van der Waals surface area contributed by atoms with Gasteiger partial charge >= 0.3 is 0 Å². The van der Waals surface area contributed by atoms with Crippen LogP contribution in [-0.2, 0) is 4.74 Å². The average molecular weight is 336 g/mol. The molecule has 0 aromatic carbocycles. The minimum atomic E-state index is 0.271. The Morgan fingerprint density at radius 2 is 1.56 bits per heavy atom. The predicted molar refractivity (Wildman–Crippen MR) is 77.2 cm³/mol. The second-order valence-electron chi connectivity index (χ2n) is 5.69. The summed E-state index contributed by atoms with van der Waals surface area (Å²) in [6.07, 6.45) is 14.0. The Labute approximate surface area is 114 Å². The molecule has 2 aliphatic carbocycles. The van der Waals surface area contributed by atoms with Crippen LogP contribution in [0.1, 0.15) is 64.2 Å². The predicted octanol–water partition coefficient (Wildman–Crippen LogP) is 4.72. The summed E-state index contributed by atoms with van der Waals surface area (Å²) in [5.41, 5.74) is 0.271. The highest BCUT2D eigenvalue weighted by atomic mass is 127. The number of rotatable bonds is 4. The molecule has 0 saturated heterocycles. The monoisotopic (exact) mass is 336 g/mol. The molecule has 2 aliphatic rings. The molecule has 0 amide bonds. The highest BCUT2D eigenvalue weighted by molar-refractivity contribution is 14.1. The van der Waals surface area contributed by atoms with E-state index in [4.69, 9.17) is 4.74 Å². The summed E-state index contributed by atoms with van der Waals surface area (Å²) in [7, 11) is 0. The van der Waals surface area contributed by atoms with Crippen molar-refractivity contribution in [3.8, 4) is 0 Å². The van der Waals surface area contributed by atoms with Gasteiger partial charge in [-0.1, -0.05) is 61.1 Å². The molecule has 0 N–H and O–H groups in total. The third kappa shape index (κ3) is 3.59. The smallest absolute Gasteiger partial charge is 0.0771 e. The lowest BCUT2D eigenvalue weighted by atomic mass is 10.0. The number of ether oxygens (including phenoxy) is 1. The average Bonchev–Trinajstić information content (AvgIpc) is 2.63. The molecule has 2 rings (SSSR count). The van der Waals surface area contributed by atoms with Crippen molar-refractivity contribution < 1.29 is 4.74 Å². The zero-order valence-electron chi connectivity index (χ0n) is 10.3. The van der Waals surface area contributed by atoms with E-state index in [1.807, 2.05) is 0 Å². The summed E-state index contributed by atoms with van der Waals surface area (Å²) in [5.74, 6) is 0.864. The molecule has 1 nitrogen and oxygen atoms in total. The van der Waals surface area contributed by atoms with E-state index in [1.165, 1.54) is 68.6 Å². The fourth-order valence-corrected chi connectivity index (χ4v) is 4.14. The quantitative estimate of drug-likeness (QED) is 0.410. The Kier molecular flexibility index (Phi) is 5.40. The standard InChI is InChI=1S/C14H25IO/c15-12-14(9-5-6-10-14)16-11-13-7-3-1-2-4-8-13/h13H,1-12H2. The SMILES string of the molecule is ICC1(OCC2CCCCCC2)CCCC1. The first-order valence-corrected chi connectivity index (χ1v) is 8.57. The van der Waals surface area contributed by atoms with Gasteiger partial charge in [-0.3, -0.25) is 0 Å². The number of hydrogen-bond donors (Lipinski definition) is 0. The molecule has 0 aliphatic heterocycles. The summed E-state index contributed by atoms with van der Waals surface area (Å²) in [5, 5.41) is 0. The van der Waals surface area contributed by atoms with Crippen molar-refractivity contribution in [1.29, 1.82) is 0 Å². The maximum atomic E-state index is 6.33. The Morgan fingerprint density at radius 3 is 2.12 bits per heavy atom. The van der Waals surface area contributed by atoms with Crippen LogP contribution in [0.4, 0.5) is 0 Å². The third-order valence-electron chi connectivity index (χ3n) is 4.36. The molecule has 0 atom stereocenters. The van der Waals surface area contributed by atoms with E-state index in [1.54, 1.807) is 0 Å².